The zero-order chi connectivity index (χ0) is 46.4. The Hall–Kier alpha value is -9.24. The number of fused-ring (bicyclic) bond motifs is 5. The molecule has 2 heteroatoms. The quantitative estimate of drug-likeness (QED) is 0.144. The molecule has 328 valence electrons. The second kappa shape index (κ2) is 17.4. The molecule has 0 N–H and O–H groups in total. The number of benzene rings is 12. The summed E-state index contributed by atoms with van der Waals surface area (Å²) < 4.78 is 6.95. The molecular formula is C68H45NO. The zero-order valence-electron chi connectivity index (χ0n) is 38.3. The molecule has 0 spiro atoms. The smallest absolute Gasteiger partial charge is 0.145 e. The fraction of sp³-hybridized carbons (Fsp3) is 0. The van der Waals surface area contributed by atoms with E-state index in [1.807, 2.05) is 0 Å². The minimum atomic E-state index is 0.857. The molecule has 13 aromatic rings. The van der Waals surface area contributed by atoms with Crippen LogP contribution >= 0.6 is 0 Å². The Morgan fingerprint density at radius 3 is 1.40 bits per heavy atom. The third-order valence-electron chi connectivity index (χ3n) is 13.9. The van der Waals surface area contributed by atoms with Crippen LogP contribution in [0.4, 0.5) is 17.1 Å². The third-order valence-corrected chi connectivity index (χ3v) is 13.9. The van der Waals surface area contributed by atoms with Crippen LogP contribution in [0.15, 0.2) is 277 Å². The van der Waals surface area contributed by atoms with E-state index in [1.54, 1.807) is 0 Å². The number of para-hydroxylation sites is 1. The van der Waals surface area contributed by atoms with Gasteiger partial charge >= 0.3 is 0 Å². The number of hydrogen-bond acceptors (Lipinski definition) is 2. The maximum Gasteiger partial charge on any atom is 0.145 e. The fourth-order valence-electron chi connectivity index (χ4n) is 10.7. The summed E-state index contributed by atoms with van der Waals surface area (Å²) in [5.41, 5.74) is 19.0. The molecule has 12 aromatic carbocycles. The first kappa shape index (κ1) is 41.0. The number of furan rings is 1. The summed E-state index contributed by atoms with van der Waals surface area (Å²) >= 11 is 0. The van der Waals surface area contributed by atoms with Crippen LogP contribution in [0, 0.1) is 0 Å². The minimum Gasteiger partial charge on any atom is -0.455 e. The second-order valence-electron chi connectivity index (χ2n) is 17.9. The predicted octanol–water partition coefficient (Wildman–Crippen LogP) is 19.4. The highest BCUT2D eigenvalue weighted by Gasteiger charge is 2.24. The van der Waals surface area contributed by atoms with Crippen molar-refractivity contribution in [3.8, 4) is 66.8 Å². The van der Waals surface area contributed by atoms with Crippen LogP contribution in [0.2, 0.25) is 0 Å². The molecule has 0 fully saturated rings. The van der Waals surface area contributed by atoms with Gasteiger partial charge in [-0.05, 0) is 125 Å². The summed E-state index contributed by atoms with van der Waals surface area (Å²) in [5, 5.41) is 7.00. The van der Waals surface area contributed by atoms with Gasteiger partial charge < -0.3 is 9.32 Å². The Morgan fingerprint density at radius 2 is 0.714 bits per heavy atom. The molecule has 70 heavy (non-hydrogen) atoms. The van der Waals surface area contributed by atoms with E-state index in [9.17, 15) is 0 Å². The summed E-state index contributed by atoms with van der Waals surface area (Å²) in [6.07, 6.45) is 0. The Kier molecular flexibility index (Phi) is 10.2. The lowest BCUT2D eigenvalue weighted by atomic mass is 9.85. The number of anilines is 3. The van der Waals surface area contributed by atoms with Crippen molar-refractivity contribution in [1.82, 2.24) is 0 Å². The SMILES string of the molecule is c1ccc(-c2cccc(-c3ccccc3-c3ccc(N(c4ccc(-c5cccc6ccccc56)cc4)c4ccc(-c5cccc6ccccc56)c5oc6ccccc6c45)cc3)c2-c2ccccc2)cc1. The van der Waals surface area contributed by atoms with Crippen LogP contribution in [0.25, 0.3) is 110 Å². The molecule has 1 heterocycles. The normalized spacial score (nSPS) is 11.4. The van der Waals surface area contributed by atoms with Gasteiger partial charge in [-0.25, -0.2) is 0 Å². The molecule has 0 bridgehead atoms. The number of rotatable bonds is 9. The van der Waals surface area contributed by atoms with Crippen molar-refractivity contribution in [2.24, 2.45) is 0 Å². The van der Waals surface area contributed by atoms with Crippen LogP contribution in [-0.4, -0.2) is 0 Å². The Bertz CT molecular complexity index is 4030. The van der Waals surface area contributed by atoms with Gasteiger partial charge in [0.2, 0.25) is 0 Å². The van der Waals surface area contributed by atoms with E-state index in [0.29, 0.717) is 0 Å². The molecule has 0 aliphatic heterocycles. The van der Waals surface area contributed by atoms with Crippen LogP contribution in [-0.2, 0) is 0 Å². The zero-order valence-corrected chi connectivity index (χ0v) is 38.3. The molecule has 0 aliphatic carbocycles. The highest BCUT2D eigenvalue weighted by molar-refractivity contribution is 6.18. The Morgan fingerprint density at radius 1 is 0.257 bits per heavy atom. The maximum atomic E-state index is 6.95. The lowest BCUT2D eigenvalue weighted by Crippen LogP contribution is -2.10. The Labute approximate surface area is 407 Å². The van der Waals surface area contributed by atoms with E-state index in [0.717, 1.165) is 55.7 Å². The second-order valence-corrected chi connectivity index (χ2v) is 17.9. The highest BCUT2D eigenvalue weighted by atomic mass is 16.3. The van der Waals surface area contributed by atoms with Gasteiger partial charge in [-0.15, -0.1) is 0 Å². The summed E-state index contributed by atoms with van der Waals surface area (Å²) in [6, 6.07) is 98.5. The largest absolute Gasteiger partial charge is 0.455 e. The van der Waals surface area contributed by atoms with Gasteiger partial charge in [0.05, 0.1) is 11.1 Å². The van der Waals surface area contributed by atoms with Gasteiger partial charge in [-0.1, -0.05) is 231 Å². The molecule has 0 radical (unpaired) electrons. The molecule has 0 saturated carbocycles. The van der Waals surface area contributed by atoms with Gasteiger partial charge in [-0.2, -0.15) is 0 Å². The average Bonchev–Trinajstić information content (AvgIpc) is 3.84. The number of nitrogens with zero attached hydrogens (tertiary/aromatic N) is 1. The van der Waals surface area contributed by atoms with Crippen LogP contribution in [0.1, 0.15) is 0 Å². The summed E-state index contributed by atoms with van der Waals surface area (Å²) in [5.74, 6) is 0. The van der Waals surface area contributed by atoms with E-state index in [2.05, 4.69) is 278 Å². The molecule has 0 saturated heterocycles. The van der Waals surface area contributed by atoms with Crippen molar-refractivity contribution < 1.29 is 4.42 Å². The molecule has 0 atom stereocenters. The van der Waals surface area contributed by atoms with E-state index < -0.39 is 0 Å². The van der Waals surface area contributed by atoms with Gasteiger partial charge in [0.1, 0.15) is 11.2 Å². The standard InChI is InChI=1S/C68H45NO/c1-3-18-48(19-4-1)58-32-17-34-61(66(58)51-22-5-2-6-23-51)59-29-12-11-28-57(59)50-38-42-53(43-39-50)69(52-40-36-49(37-41-52)55-31-15-24-46-20-7-9-26-54(46)55)64-45-44-62(60-33-16-25-47-21-8-10-27-56(47)60)68-67(64)63-30-13-14-35-65(63)70-68/h1-45H. The average molecular weight is 892 g/mol. The third kappa shape index (κ3) is 7.13. The molecular weight excluding hydrogens is 847 g/mol. The van der Waals surface area contributed by atoms with Crippen molar-refractivity contribution in [2.75, 3.05) is 4.90 Å². The minimum absolute atomic E-state index is 0.857. The topological polar surface area (TPSA) is 16.4 Å². The Balaban J connectivity index is 0.987. The van der Waals surface area contributed by atoms with Crippen LogP contribution < -0.4 is 4.90 Å². The fourth-order valence-corrected chi connectivity index (χ4v) is 10.7. The molecule has 0 amide bonds. The van der Waals surface area contributed by atoms with Gasteiger partial charge in [0.25, 0.3) is 0 Å². The van der Waals surface area contributed by atoms with Gasteiger partial charge in [0.15, 0.2) is 0 Å². The number of hydrogen-bond donors (Lipinski definition) is 0. The van der Waals surface area contributed by atoms with Crippen molar-refractivity contribution in [3.05, 3.63) is 273 Å². The molecule has 13 rings (SSSR count). The maximum absolute atomic E-state index is 6.95. The van der Waals surface area contributed by atoms with E-state index in [1.165, 1.54) is 71.6 Å². The van der Waals surface area contributed by atoms with E-state index >= 15 is 0 Å². The summed E-state index contributed by atoms with van der Waals surface area (Å²) in [7, 11) is 0. The van der Waals surface area contributed by atoms with Gasteiger partial charge in [0, 0.05) is 22.3 Å². The first-order valence-corrected chi connectivity index (χ1v) is 24.0. The molecule has 0 aliphatic rings. The van der Waals surface area contributed by atoms with Gasteiger partial charge in [-0.3, -0.25) is 0 Å². The van der Waals surface area contributed by atoms with E-state index in [4.69, 9.17) is 4.42 Å². The molecule has 0 unspecified atom stereocenters. The monoisotopic (exact) mass is 891 g/mol. The van der Waals surface area contributed by atoms with Crippen molar-refractivity contribution in [3.63, 3.8) is 0 Å². The first-order valence-electron chi connectivity index (χ1n) is 24.0. The van der Waals surface area contributed by atoms with E-state index in [-0.39, 0.29) is 0 Å². The summed E-state index contributed by atoms with van der Waals surface area (Å²) in [4.78, 5) is 2.40. The predicted molar refractivity (Wildman–Crippen MR) is 296 cm³/mol. The van der Waals surface area contributed by atoms with Crippen molar-refractivity contribution in [2.45, 2.75) is 0 Å². The lowest BCUT2D eigenvalue weighted by molar-refractivity contribution is 0.670. The molecule has 1 aromatic heterocycles. The van der Waals surface area contributed by atoms with Crippen LogP contribution in [0.5, 0.6) is 0 Å². The van der Waals surface area contributed by atoms with Crippen molar-refractivity contribution in [1.29, 1.82) is 0 Å². The summed E-state index contributed by atoms with van der Waals surface area (Å²) in [6.45, 7) is 0. The lowest BCUT2D eigenvalue weighted by Gasteiger charge is -2.27. The first-order chi connectivity index (χ1) is 34.7. The molecule has 2 nitrogen and oxygen atoms in total. The van der Waals surface area contributed by atoms with Crippen molar-refractivity contribution >= 4 is 60.5 Å². The highest BCUT2D eigenvalue weighted by Crippen LogP contribution is 2.49. The van der Waals surface area contributed by atoms with Crippen LogP contribution in [0.3, 0.4) is 0 Å².